The molecule has 1 aromatic carbocycles. The van der Waals surface area contributed by atoms with Gasteiger partial charge in [0, 0.05) is 6.54 Å². The lowest BCUT2D eigenvalue weighted by Gasteiger charge is -2.38. The average molecular weight is 282 g/mol. The van der Waals surface area contributed by atoms with E-state index in [1.54, 1.807) is 13.0 Å². The molecule has 0 unspecified atom stereocenters. The Hall–Kier alpha value is -1.07. The summed E-state index contributed by atoms with van der Waals surface area (Å²) in [7, 11) is -3.53. The molecule has 1 aliphatic rings. The second kappa shape index (κ2) is 4.80. The van der Waals surface area contributed by atoms with Crippen molar-refractivity contribution in [3.63, 3.8) is 0 Å². The molecule has 0 aliphatic heterocycles. The number of hydrogen-bond donors (Lipinski definition) is 2. The zero-order valence-corrected chi connectivity index (χ0v) is 12.6. The third-order valence-electron chi connectivity index (χ3n) is 4.13. The number of hydrogen-bond acceptors (Lipinski definition) is 3. The number of anilines is 1. The van der Waals surface area contributed by atoms with E-state index in [4.69, 9.17) is 5.73 Å². The molecule has 19 heavy (non-hydrogen) atoms. The van der Waals surface area contributed by atoms with Crippen LogP contribution in [0.5, 0.6) is 0 Å². The number of nitrogens with one attached hydrogen (secondary N) is 1. The van der Waals surface area contributed by atoms with Crippen LogP contribution >= 0.6 is 0 Å². The van der Waals surface area contributed by atoms with Crippen molar-refractivity contribution >= 4 is 15.7 Å². The Morgan fingerprint density at radius 2 is 1.84 bits per heavy atom. The molecule has 0 amide bonds. The number of nitrogen functional groups attached to an aromatic ring is 1. The van der Waals surface area contributed by atoms with Gasteiger partial charge < -0.3 is 5.73 Å². The van der Waals surface area contributed by atoms with Crippen LogP contribution in [0.1, 0.15) is 37.3 Å². The van der Waals surface area contributed by atoms with Gasteiger partial charge in [-0.15, -0.1) is 0 Å². The van der Waals surface area contributed by atoms with Crippen LogP contribution in [0.4, 0.5) is 5.69 Å². The summed E-state index contributed by atoms with van der Waals surface area (Å²) in [5, 5.41) is 0. The summed E-state index contributed by atoms with van der Waals surface area (Å²) < 4.78 is 27.6. The topological polar surface area (TPSA) is 72.2 Å². The maximum Gasteiger partial charge on any atom is 0.242 e. The van der Waals surface area contributed by atoms with Crippen LogP contribution in [0.3, 0.4) is 0 Å². The lowest BCUT2D eigenvalue weighted by Crippen LogP contribution is -2.40. The SMILES string of the molecule is Cc1ccc(C)c(S(=O)(=O)NCC2(C)CCC2)c1N. The van der Waals surface area contributed by atoms with E-state index >= 15 is 0 Å². The molecular formula is C14H22N2O2S. The lowest BCUT2D eigenvalue weighted by molar-refractivity contribution is 0.166. The smallest absolute Gasteiger partial charge is 0.242 e. The summed E-state index contributed by atoms with van der Waals surface area (Å²) in [4.78, 5) is 0.232. The molecule has 5 heteroatoms. The van der Waals surface area contributed by atoms with E-state index in [2.05, 4.69) is 11.6 Å². The largest absolute Gasteiger partial charge is 0.397 e. The van der Waals surface area contributed by atoms with Gasteiger partial charge in [0.25, 0.3) is 0 Å². The Labute approximate surface area is 115 Å². The van der Waals surface area contributed by atoms with Crippen LogP contribution in [0, 0.1) is 19.3 Å². The molecule has 1 saturated carbocycles. The summed E-state index contributed by atoms with van der Waals surface area (Å²) in [5.41, 5.74) is 7.88. The lowest BCUT2D eigenvalue weighted by atomic mass is 9.71. The highest BCUT2D eigenvalue weighted by Crippen LogP contribution is 2.40. The molecule has 1 aliphatic carbocycles. The Kier molecular flexibility index (Phi) is 3.62. The van der Waals surface area contributed by atoms with Crippen molar-refractivity contribution in [3.05, 3.63) is 23.3 Å². The summed E-state index contributed by atoms with van der Waals surface area (Å²) >= 11 is 0. The van der Waals surface area contributed by atoms with E-state index < -0.39 is 10.0 Å². The van der Waals surface area contributed by atoms with Crippen LogP contribution in [-0.4, -0.2) is 15.0 Å². The van der Waals surface area contributed by atoms with Gasteiger partial charge in [-0.1, -0.05) is 25.5 Å². The van der Waals surface area contributed by atoms with Gasteiger partial charge >= 0.3 is 0 Å². The van der Waals surface area contributed by atoms with E-state index in [-0.39, 0.29) is 10.3 Å². The molecule has 0 bridgehead atoms. The van der Waals surface area contributed by atoms with E-state index in [1.807, 2.05) is 13.0 Å². The molecule has 0 radical (unpaired) electrons. The maximum atomic E-state index is 12.4. The van der Waals surface area contributed by atoms with Gasteiger partial charge in [0.15, 0.2) is 0 Å². The van der Waals surface area contributed by atoms with Gasteiger partial charge in [0.05, 0.1) is 5.69 Å². The molecule has 0 spiro atoms. The van der Waals surface area contributed by atoms with Crippen molar-refractivity contribution in [2.45, 2.75) is 44.9 Å². The second-order valence-electron chi connectivity index (χ2n) is 5.93. The number of aryl methyl sites for hydroxylation is 2. The molecule has 0 saturated heterocycles. The first-order chi connectivity index (χ1) is 8.75. The van der Waals surface area contributed by atoms with Gasteiger partial charge in [-0.2, -0.15) is 0 Å². The molecule has 4 nitrogen and oxygen atoms in total. The fourth-order valence-corrected chi connectivity index (χ4v) is 4.09. The van der Waals surface area contributed by atoms with Crippen LogP contribution < -0.4 is 10.5 Å². The third kappa shape index (κ3) is 2.77. The number of nitrogens with two attached hydrogens (primary N) is 1. The normalized spacial score (nSPS) is 18.1. The van der Waals surface area contributed by atoms with E-state index in [9.17, 15) is 8.42 Å². The van der Waals surface area contributed by atoms with E-state index in [0.29, 0.717) is 17.8 Å². The molecule has 2 rings (SSSR count). The van der Waals surface area contributed by atoms with Crippen molar-refractivity contribution in [2.24, 2.45) is 5.41 Å². The third-order valence-corrected chi connectivity index (χ3v) is 5.73. The van der Waals surface area contributed by atoms with Crippen molar-refractivity contribution in [3.8, 4) is 0 Å². The maximum absolute atomic E-state index is 12.4. The fraction of sp³-hybridized carbons (Fsp3) is 0.571. The van der Waals surface area contributed by atoms with Crippen molar-refractivity contribution in [2.75, 3.05) is 12.3 Å². The van der Waals surface area contributed by atoms with Gasteiger partial charge in [0.1, 0.15) is 4.90 Å². The van der Waals surface area contributed by atoms with Gasteiger partial charge in [-0.25, -0.2) is 13.1 Å². The summed E-state index contributed by atoms with van der Waals surface area (Å²) in [6, 6.07) is 3.64. The molecule has 0 atom stereocenters. The minimum atomic E-state index is -3.53. The van der Waals surface area contributed by atoms with Crippen LogP contribution in [0.2, 0.25) is 0 Å². The quantitative estimate of drug-likeness (QED) is 0.833. The van der Waals surface area contributed by atoms with Crippen molar-refractivity contribution in [1.82, 2.24) is 4.72 Å². The Balaban J connectivity index is 2.27. The first-order valence-corrected chi connectivity index (χ1v) is 8.09. The average Bonchev–Trinajstić information content (AvgIpc) is 2.29. The van der Waals surface area contributed by atoms with Crippen molar-refractivity contribution in [1.29, 1.82) is 0 Å². The predicted molar refractivity (Wildman–Crippen MR) is 77.5 cm³/mol. The minimum absolute atomic E-state index is 0.111. The highest BCUT2D eigenvalue weighted by atomic mass is 32.2. The fourth-order valence-electron chi connectivity index (χ4n) is 2.46. The molecule has 0 aromatic heterocycles. The van der Waals surface area contributed by atoms with E-state index in [1.165, 1.54) is 6.42 Å². The zero-order chi connectivity index (χ0) is 14.3. The number of sulfonamides is 1. The molecule has 3 N–H and O–H groups in total. The first-order valence-electron chi connectivity index (χ1n) is 6.61. The highest BCUT2D eigenvalue weighted by Gasteiger charge is 2.33. The molecular weight excluding hydrogens is 260 g/mol. The van der Waals surface area contributed by atoms with E-state index in [0.717, 1.165) is 18.4 Å². The van der Waals surface area contributed by atoms with Crippen LogP contribution in [0.15, 0.2) is 17.0 Å². The summed E-state index contributed by atoms with van der Waals surface area (Å²) in [6.45, 7) is 6.20. The molecule has 106 valence electrons. The highest BCUT2D eigenvalue weighted by molar-refractivity contribution is 7.89. The predicted octanol–water partition coefficient (Wildman–Crippen LogP) is 2.35. The Bertz CT molecular complexity index is 590. The van der Waals surface area contributed by atoms with Crippen molar-refractivity contribution < 1.29 is 8.42 Å². The molecule has 0 heterocycles. The molecule has 1 aromatic rings. The zero-order valence-electron chi connectivity index (χ0n) is 11.8. The second-order valence-corrected chi connectivity index (χ2v) is 7.63. The number of rotatable bonds is 4. The Morgan fingerprint density at radius 3 is 2.37 bits per heavy atom. The Morgan fingerprint density at radius 1 is 1.26 bits per heavy atom. The van der Waals surface area contributed by atoms with Gasteiger partial charge in [0.2, 0.25) is 10.0 Å². The van der Waals surface area contributed by atoms with Gasteiger partial charge in [-0.05, 0) is 43.2 Å². The number of benzene rings is 1. The van der Waals surface area contributed by atoms with Gasteiger partial charge in [-0.3, -0.25) is 0 Å². The standard InChI is InChI=1S/C14H22N2O2S/c1-10-5-6-11(2)13(12(10)15)19(17,18)16-9-14(3)7-4-8-14/h5-6,16H,4,7-9,15H2,1-3H3. The summed E-state index contributed by atoms with van der Waals surface area (Å²) in [6.07, 6.45) is 3.35. The monoisotopic (exact) mass is 282 g/mol. The molecule has 1 fully saturated rings. The first kappa shape index (κ1) is 14.3. The van der Waals surface area contributed by atoms with Crippen LogP contribution in [0.25, 0.3) is 0 Å². The minimum Gasteiger partial charge on any atom is -0.397 e. The summed E-state index contributed by atoms with van der Waals surface area (Å²) in [5.74, 6) is 0. The van der Waals surface area contributed by atoms with Crippen LogP contribution in [-0.2, 0) is 10.0 Å².